The molecule has 1 aliphatic heterocycles. The topological polar surface area (TPSA) is 29.3 Å². The molecule has 1 fully saturated rings. The number of rotatable bonds is 2. The molecule has 2 N–H and O–H groups in total. The summed E-state index contributed by atoms with van der Waals surface area (Å²) in [5, 5.41) is 0. The van der Waals surface area contributed by atoms with Crippen LogP contribution in [0.2, 0.25) is 0 Å². The number of hydrogen-bond acceptors (Lipinski definition) is 2. The highest BCUT2D eigenvalue weighted by Crippen LogP contribution is 2.24. The van der Waals surface area contributed by atoms with Crippen LogP contribution < -0.4 is 5.73 Å². The van der Waals surface area contributed by atoms with Gasteiger partial charge in [0.15, 0.2) is 0 Å². The lowest BCUT2D eigenvalue weighted by Crippen LogP contribution is -2.20. The third-order valence-electron chi connectivity index (χ3n) is 3.83. The summed E-state index contributed by atoms with van der Waals surface area (Å²) in [4.78, 5) is 2.42. The molecule has 0 aliphatic carbocycles. The minimum Gasteiger partial charge on any atom is -0.320 e. The van der Waals surface area contributed by atoms with Crippen molar-refractivity contribution >= 4 is 0 Å². The van der Waals surface area contributed by atoms with Crippen LogP contribution in [-0.4, -0.2) is 24.5 Å². The molecule has 3 heteroatoms. The summed E-state index contributed by atoms with van der Waals surface area (Å²) >= 11 is 0. The van der Waals surface area contributed by atoms with Crippen LogP contribution >= 0.6 is 0 Å². The number of hydrogen-bond donors (Lipinski definition) is 1. The fourth-order valence-electron chi connectivity index (χ4n) is 2.55. The van der Waals surface area contributed by atoms with Gasteiger partial charge in [-0.3, -0.25) is 4.90 Å². The van der Waals surface area contributed by atoms with Crippen LogP contribution in [0, 0.1) is 29.5 Å². The van der Waals surface area contributed by atoms with Crippen LogP contribution in [0.3, 0.4) is 0 Å². The molecule has 2 rings (SSSR count). The van der Waals surface area contributed by atoms with Crippen LogP contribution in [0.15, 0.2) is 18.2 Å². The lowest BCUT2D eigenvalue weighted by atomic mass is 10.0. The van der Waals surface area contributed by atoms with Crippen molar-refractivity contribution in [3.63, 3.8) is 0 Å². The smallest absolute Gasteiger partial charge is 0.138 e. The maximum Gasteiger partial charge on any atom is 0.138 e. The number of likely N-dealkylation sites (tertiary alicyclic amines) is 1. The lowest BCUT2D eigenvalue weighted by Gasteiger charge is -2.15. The first-order valence-electron chi connectivity index (χ1n) is 6.80. The molecule has 2 unspecified atom stereocenters. The van der Waals surface area contributed by atoms with E-state index in [2.05, 4.69) is 30.6 Å². The summed E-state index contributed by atoms with van der Waals surface area (Å²) < 4.78 is 13.6. The van der Waals surface area contributed by atoms with Crippen molar-refractivity contribution in [2.45, 2.75) is 20.4 Å². The molecule has 0 amide bonds. The molecular weight excluding hydrogens is 239 g/mol. The zero-order valence-electron chi connectivity index (χ0n) is 11.6. The Kier molecular flexibility index (Phi) is 4.57. The molecule has 1 aromatic rings. The zero-order chi connectivity index (χ0) is 13.8. The molecule has 1 saturated heterocycles. The summed E-state index contributed by atoms with van der Waals surface area (Å²) in [6.45, 7) is 7.92. The first kappa shape index (κ1) is 14.0. The zero-order valence-corrected chi connectivity index (χ0v) is 11.6. The highest BCUT2D eigenvalue weighted by molar-refractivity contribution is 5.38. The minimum absolute atomic E-state index is 0.255. The Labute approximate surface area is 114 Å². The Balaban J connectivity index is 2.09. The Morgan fingerprint density at radius 3 is 2.63 bits per heavy atom. The van der Waals surface area contributed by atoms with E-state index in [4.69, 9.17) is 5.73 Å². The summed E-state index contributed by atoms with van der Waals surface area (Å²) in [6.07, 6.45) is 0. The third-order valence-corrected chi connectivity index (χ3v) is 3.83. The van der Waals surface area contributed by atoms with Gasteiger partial charge in [-0.05, 0) is 29.5 Å². The van der Waals surface area contributed by atoms with Gasteiger partial charge in [0.1, 0.15) is 5.82 Å². The Morgan fingerprint density at radius 2 is 2.00 bits per heavy atom. The van der Waals surface area contributed by atoms with Crippen LogP contribution in [-0.2, 0) is 6.54 Å². The van der Waals surface area contributed by atoms with E-state index in [9.17, 15) is 4.39 Å². The molecule has 0 spiro atoms. The average Bonchev–Trinajstić information content (AvgIpc) is 2.69. The molecule has 1 aliphatic rings. The van der Waals surface area contributed by atoms with Crippen LogP contribution in [0.5, 0.6) is 0 Å². The van der Waals surface area contributed by atoms with Gasteiger partial charge >= 0.3 is 0 Å². The van der Waals surface area contributed by atoms with Gasteiger partial charge in [-0.25, -0.2) is 4.39 Å². The lowest BCUT2D eigenvalue weighted by molar-refractivity contribution is 0.316. The Morgan fingerprint density at radius 1 is 1.32 bits per heavy atom. The van der Waals surface area contributed by atoms with E-state index < -0.39 is 0 Å². The van der Waals surface area contributed by atoms with E-state index in [0.717, 1.165) is 37.0 Å². The number of benzene rings is 1. The predicted octanol–water partition coefficient (Wildman–Crippen LogP) is 2.22. The van der Waals surface area contributed by atoms with E-state index in [0.29, 0.717) is 5.56 Å². The van der Waals surface area contributed by atoms with Crippen LogP contribution in [0.1, 0.15) is 25.0 Å². The maximum atomic E-state index is 13.6. The number of nitrogens with zero attached hydrogens (tertiary/aromatic N) is 1. The van der Waals surface area contributed by atoms with E-state index in [-0.39, 0.29) is 12.4 Å². The second kappa shape index (κ2) is 6.18. The molecule has 0 saturated carbocycles. The van der Waals surface area contributed by atoms with E-state index in [1.54, 1.807) is 0 Å². The van der Waals surface area contributed by atoms with Gasteiger partial charge in [0.2, 0.25) is 0 Å². The van der Waals surface area contributed by atoms with Gasteiger partial charge < -0.3 is 5.73 Å². The second-order valence-corrected chi connectivity index (χ2v) is 5.47. The first-order chi connectivity index (χ1) is 9.10. The van der Waals surface area contributed by atoms with Crippen molar-refractivity contribution in [2.24, 2.45) is 17.6 Å². The van der Waals surface area contributed by atoms with E-state index in [1.165, 1.54) is 6.07 Å². The molecular formula is C16H21FN2. The molecule has 1 heterocycles. The monoisotopic (exact) mass is 260 g/mol. The normalized spacial score (nSPS) is 23.2. The quantitative estimate of drug-likeness (QED) is 0.826. The molecule has 2 nitrogen and oxygen atoms in total. The molecule has 102 valence electrons. The highest BCUT2D eigenvalue weighted by Gasteiger charge is 2.25. The first-order valence-corrected chi connectivity index (χ1v) is 6.80. The van der Waals surface area contributed by atoms with Gasteiger partial charge in [0, 0.05) is 19.6 Å². The van der Waals surface area contributed by atoms with E-state index in [1.807, 2.05) is 12.1 Å². The predicted molar refractivity (Wildman–Crippen MR) is 75.9 cm³/mol. The molecule has 2 atom stereocenters. The van der Waals surface area contributed by atoms with Crippen LogP contribution in [0.4, 0.5) is 4.39 Å². The number of nitrogens with two attached hydrogens (primary N) is 1. The van der Waals surface area contributed by atoms with Gasteiger partial charge in [-0.2, -0.15) is 0 Å². The molecule has 0 aromatic heterocycles. The summed E-state index contributed by atoms with van der Waals surface area (Å²) in [5.74, 6) is 6.69. The summed E-state index contributed by atoms with van der Waals surface area (Å²) in [6, 6.07) is 5.18. The minimum atomic E-state index is -0.271. The SMILES string of the molecule is CC1CN(Cc2ccc(F)c(C#CCN)c2)CC1C. The third kappa shape index (κ3) is 3.56. The molecule has 0 radical (unpaired) electrons. The van der Waals surface area contributed by atoms with Crippen molar-refractivity contribution in [3.8, 4) is 11.8 Å². The van der Waals surface area contributed by atoms with Gasteiger partial charge in [0.25, 0.3) is 0 Å². The Bertz CT molecular complexity index is 491. The van der Waals surface area contributed by atoms with Gasteiger partial charge in [0.05, 0.1) is 12.1 Å². The summed E-state index contributed by atoms with van der Waals surface area (Å²) in [5.41, 5.74) is 6.89. The summed E-state index contributed by atoms with van der Waals surface area (Å²) in [7, 11) is 0. The Hall–Kier alpha value is -1.37. The molecule has 19 heavy (non-hydrogen) atoms. The number of halogens is 1. The van der Waals surface area contributed by atoms with Crippen LogP contribution in [0.25, 0.3) is 0 Å². The standard InChI is InChI=1S/C16H21FN2/c1-12-9-19(10-13(12)2)11-14-5-6-16(17)15(8-14)4-3-7-18/h5-6,8,12-13H,7,9-11,18H2,1-2H3. The largest absolute Gasteiger partial charge is 0.320 e. The molecule has 0 bridgehead atoms. The van der Waals surface area contributed by atoms with Gasteiger partial charge in [-0.1, -0.05) is 31.8 Å². The molecule has 1 aromatic carbocycles. The van der Waals surface area contributed by atoms with Crippen molar-refractivity contribution in [3.05, 3.63) is 35.1 Å². The fourth-order valence-corrected chi connectivity index (χ4v) is 2.55. The van der Waals surface area contributed by atoms with Gasteiger partial charge in [-0.15, -0.1) is 0 Å². The fraction of sp³-hybridized carbons (Fsp3) is 0.500. The van der Waals surface area contributed by atoms with E-state index >= 15 is 0 Å². The maximum absolute atomic E-state index is 13.6. The highest BCUT2D eigenvalue weighted by atomic mass is 19.1. The van der Waals surface area contributed by atoms with Crippen molar-refractivity contribution in [1.82, 2.24) is 4.90 Å². The van der Waals surface area contributed by atoms with Crippen molar-refractivity contribution in [2.75, 3.05) is 19.6 Å². The van der Waals surface area contributed by atoms with Crippen molar-refractivity contribution < 1.29 is 4.39 Å². The second-order valence-electron chi connectivity index (χ2n) is 5.47. The average molecular weight is 260 g/mol. The van der Waals surface area contributed by atoms with Crippen molar-refractivity contribution in [1.29, 1.82) is 0 Å².